The normalized spacial score (nSPS) is 16.0. The van der Waals surface area contributed by atoms with Gasteiger partial charge in [-0.1, -0.05) is 48.0 Å². The Morgan fingerprint density at radius 3 is 2.19 bits per heavy atom. The fourth-order valence-electron chi connectivity index (χ4n) is 3.58. The third kappa shape index (κ3) is 4.19. The Morgan fingerprint density at radius 2 is 1.55 bits per heavy atom. The molecule has 4 amide bonds. The van der Waals surface area contributed by atoms with Gasteiger partial charge >= 0.3 is 6.03 Å². The van der Waals surface area contributed by atoms with Crippen molar-refractivity contribution in [1.82, 2.24) is 4.90 Å². The van der Waals surface area contributed by atoms with Crippen molar-refractivity contribution >= 4 is 29.2 Å². The number of imide groups is 1. The van der Waals surface area contributed by atoms with E-state index in [0.29, 0.717) is 11.3 Å². The number of hydrogen-bond donors (Lipinski definition) is 1. The lowest BCUT2D eigenvalue weighted by Crippen LogP contribution is -2.33. The molecule has 1 aliphatic rings. The van der Waals surface area contributed by atoms with Gasteiger partial charge in [0.15, 0.2) is 0 Å². The minimum absolute atomic E-state index is 0.158. The molecule has 156 valence electrons. The Bertz CT molecular complexity index is 1110. The molecule has 0 radical (unpaired) electrons. The Balaban J connectivity index is 1.46. The maximum atomic E-state index is 13.0. The van der Waals surface area contributed by atoms with E-state index in [1.54, 1.807) is 31.2 Å². The summed E-state index contributed by atoms with van der Waals surface area (Å²) < 4.78 is 0. The van der Waals surface area contributed by atoms with E-state index >= 15 is 0 Å². The third-order valence-corrected chi connectivity index (χ3v) is 5.35. The summed E-state index contributed by atoms with van der Waals surface area (Å²) in [4.78, 5) is 40.9. The average Bonchev–Trinajstić information content (AvgIpc) is 2.99. The van der Waals surface area contributed by atoms with Crippen LogP contribution in [0.3, 0.4) is 0 Å². The first-order valence-corrected chi connectivity index (χ1v) is 10.1. The fourth-order valence-corrected chi connectivity index (χ4v) is 3.58. The number of urea groups is 1. The molecule has 0 saturated carbocycles. The van der Waals surface area contributed by atoms with Crippen molar-refractivity contribution < 1.29 is 14.4 Å². The zero-order chi connectivity index (χ0) is 22.0. The zero-order valence-corrected chi connectivity index (χ0v) is 17.4. The van der Waals surface area contributed by atoms with Crippen molar-refractivity contribution in [3.8, 4) is 0 Å². The van der Waals surface area contributed by atoms with Gasteiger partial charge in [-0.15, -0.1) is 0 Å². The third-order valence-electron chi connectivity index (χ3n) is 5.35. The first-order chi connectivity index (χ1) is 14.9. The summed E-state index contributed by atoms with van der Waals surface area (Å²) in [6.45, 7) is 3.86. The minimum atomic E-state index is -0.564. The summed E-state index contributed by atoms with van der Waals surface area (Å²) in [5.41, 5.74) is 3.78. The van der Waals surface area contributed by atoms with Crippen molar-refractivity contribution in [2.45, 2.75) is 26.4 Å². The van der Waals surface area contributed by atoms with Crippen molar-refractivity contribution in [1.29, 1.82) is 0 Å². The number of nitrogens with zero attached hydrogens (tertiary/aromatic N) is 2. The van der Waals surface area contributed by atoms with Gasteiger partial charge < -0.3 is 5.32 Å². The van der Waals surface area contributed by atoms with E-state index in [-0.39, 0.29) is 24.4 Å². The van der Waals surface area contributed by atoms with Crippen molar-refractivity contribution in [3.05, 3.63) is 95.6 Å². The maximum absolute atomic E-state index is 13.0. The number of hydrogen-bond acceptors (Lipinski definition) is 3. The standard InChI is InChI=1S/C25H23N3O3/c1-17-8-14-22(15-9-17)28-18(2)24(30)27(25(28)31)16-19-10-12-20(13-11-19)23(29)26-21-6-4-3-5-7-21/h3-15,18H,16H2,1-2H3,(H,26,29)/t18-/m1/s1. The molecule has 0 spiro atoms. The van der Waals surface area contributed by atoms with Crippen LogP contribution in [0.4, 0.5) is 16.2 Å². The van der Waals surface area contributed by atoms with Gasteiger partial charge in [-0.2, -0.15) is 0 Å². The summed E-state index contributed by atoms with van der Waals surface area (Å²) >= 11 is 0. The molecule has 0 bridgehead atoms. The molecule has 6 nitrogen and oxygen atoms in total. The smallest absolute Gasteiger partial charge is 0.322 e. The second kappa shape index (κ2) is 8.44. The first kappa shape index (κ1) is 20.3. The van der Waals surface area contributed by atoms with E-state index in [1.165, 1.54) is 9.80 Å². The Labute approximate surface area is 181 Å². The van der Waals surface area contributed by atoms with Gasteiger partial charge in [-0.05, 0) is 55.8 Å². The predicted molar refractivity (Wildman–Crippen MR) is 120 cm³/mol. The van der Waals surface area contributed by atoms with Crippen LogP contribution in [0.1, 0.15) is 28.4 Å². The molecule has 1 aliphatic heterocycles. The van der Waals surface area contributed by atoms with E-state index in [0.717, 1.165) is 16.8 Å². The molecule has 1 heterocycles. The van der Waals surface area contributed by atoms with Crippen LogP contribution in [-0.2, 0) is 11.3 Å². The number of carbonyl (C=O) groups is 3. The summed E-state index contributed by atoms with van der Waals surface area (Å²) in [6.07, 6.45) is 0. The number of rotatable bonds is 5. The molecule has 0 unspecified atom stereocenters. The van der Waals surface area contributed by atoms with Gasteiger partial charge in [0.05, 0.1) is 6.54 Å². The molecule has 1 fully saturated rings. The van der Waals surface area contributed by atoms with Crippen LogP contribution in [0.2, 0.25) is 0 Å². The predicted octanol–water partition coefficient (Wildman–Crippen LogP) is 4.60. The summed E-state index contributed by atoms with van der Waals surface area (Å²) in [5.74, 6) is -0.457. The van der Waals surface area contributed by atoms with E-state index in [1.807, 2.05) is 61.5 Å². The van der Waals surface area contributed by atoms with Gasteiger partial charge in [-0.3, -0.25) is 19.4 Å². The SMILES string of the molecule is Cc1ccc(N2C(=O)N(Cc3ccc(C(=O)Nc4ccccc4)cc3)C(=O)[C@H]2C)cc1. The van der Waals surface area contributed by atoms with E-state index in [2.05, 4.69) is 5.32 Å². The van der Waals surface area contributed by atoms with Gasteiger partial charge in [0.1, 0.15) is 6.04 Å². The quantitative estimate of drug-likeness (QED) is 0.621. The second-order valence-corrected chi connectivity index (χ2v) is 7.61. The number of aryl methyl sites for hydroxylation is 1. The monoisotopic (exact) mass is 413 g/mol. The molecule has 0 aliphatic carbocycles. The van der Waals surface area contributed by atoms with Crippen LogP contribution in [0.5, 0.6) is 0 Å². The maximum Gasteiger partial charge on any atom is 0.332 e. The highest BCUT2D eigenvalue weighted by molar-refractivity contribution is 6.14. The lowest BCUT2D eigenvalue weighted by atomic mass is 10.1. The van der Waals surface area contributed by atoms with Gasteiger partial charge in [0.25, 0.3) is 11.8 Å². The minimum Gasteiger partial charge on any atom is -0.322 e. The highest BCUT2D eigenvalue weighted by Gasteiger charge is 2.43. The van der Waals surface area contributed by atoms with E-state index < -0.39 is 6.04 Å². The van der Waals surface area contributed by atoms with Crippen LogP contribution in [0.25, 0.3) is 0 Å². The largest absolute Gasteiger partial charge is 0.332 e. The average molecular weight is 413 g/mol. The molecular formula is C25H23N3O3. The molecule has 1 N–H and O–H groups in total. The molecule has 3 aromatic rings. The Kier molecular flexibility index (Phi) is 5.54. The van der Waals surface area contributed by atoms with E-state index in [9.17, 15) is 14.4 Å². The Morgan fingerprint density at radius 1 is 0.903 bits per heavy atom. The molecule has 1 atom stereocenters. The van der Waals surface area contributed by atoms with Gasteiger partial charge in [0, 0.05) is 16.9 Å². The number of anilines is 2. The van der Waals surface area contributed by atoms with E-state index in [4.69, 9.17) is 0 Å². The lowest BCUT2D eigenvalue weighted by molar-refractivity contribution is -0.127. The lowest BCUT2D eigenvalue weighted by Gasteiger charge is -2.19. The summed E-state index contributed by atoms with van der Waals surface area (Å²) in [7, 11) is 0. The number of amides is 4. The number of nitrogens with one attached hydrogen (secondary N) is 1. The molecule has 6 heteroatoms. The first-order valence-electron chi connectivity index (χ1n) is 10.1. The van der Waals surface area contributed by atoms with Crippen molar-refractivity contribution in [2.24, 2.45) is 0 Å². The van der Waals surface area contributed by atoms with Crippen LogP contribution >= 0.6 is 0 Å². The van der Waals surface area contributed by atoms with Crippen LogP contribution in [-0.4, -0.2) is 28.8 Å². The molecule has 1 saturated heterocycles. The molecule has 0 aromatic heterocycles. The molecule has 4 rings (SSSR count). The zero-order valence-electron chi connectivity index (χ0n) is 17.4. The molecular weight excluding hydrogens is 390 g/mol. The highest BCUT2D eigenvalue weighted by Crippen LogP contribution is 2.27. The second-order valence-electron chi connectivity index (χ2n) is 7.61. The van der Waals surface area contributed by atoms with Gasteiger partial charge in [0.2, 0.25) is 0 Å². The van der Waals surface area contributed by atoms with Crippen molar-refractivity contribution in [3.63, 3.8) is 0 Å². The highest BCUT2D eigenvalue weighted by atomic mass is 16.2. The van der Waals surface area contributed by atoms with Gasteiger partial charge in [-0.25, -0.2) is 4.79 Å². The number of para-hydroxylation sites is 1. The van der Waals surface area contributed by atoms with Crippen LogP contribution < -0.4 is 10.2 Å². The number of carbonyl (C=O) groups excluding carboxylic acids is 3. The molecule has 31 heavy (non-hydrogen) atoms. The topological polar surface area (TPSA) is 69.7 Å². The van der Waals surface area contributed by atoms with Crippen LogP contribution in [0.15, 0.2) is 78.9 Å². The fraction of sp³-hybridized carbons (Fsp3) is 0.160. The summed E-state index contributed by atoms with van der Waals surface area (Å²) in [5, 5.41) is 2.83. The van der Waals surface area contributed by atoms with Crippen LogP contribution in [0, 0.1) is 6.92 Å². The number of benzene rings is 3. The molecule has 3 aromatic carbocycles. The summed E-state index contributed by atoms with van der Waals surface area (Å²) in [6, 6.07) is 22.8. The Hall–Kier alpha value is -3.93. The van der Waals surface area contributed by atoms with Crippen molar-refractivity contribution in [2.75, 3.05) is 10.2 Å².